The summed E-state index contributed by atoms with van der Waals surface area (Å²) in [7, 11) is -3.84. The zero-order chi connectivity index (χ0) is 24.0. The highest BCUT2D eigenvalue weighted by molar-refractivity contribution is 7.92. The molecule has 6 rings (SSSR count). The normalized spacial score (nSPS) is 13.9. The molecule has 2 aromatic carbocycles. The Bertz CT molecular complexity index is 1730. The third-order valence-corrected chi connectivity index (χ3v) is 7.39. The van der Waals surface area contributed by atoms with Crippen molar-refractivity contribution in [1.29, 1.82) is 0 Å². The van der Waals surface area contributed by atoms with E-state index in [-0.39, 0.29) is 10.8 Å². The highest BCUT2D eigenvalue weighted by Gasteiger charge is 2.21. The number of allylic oxidation sites excluding steroid dienone is 4. The van der Waals surface area contributed by atoms with Crippen LogP contribution in [0, 0.1) is 5.82 Å². The Morgan fingerprint density at radius 1 is 1.06 bits per heavy atom. The SMILES string of the molecule is O=S(=O)(Nc1ccc2[nH]c3ncc(-c4ccc(F)cc4)c(C4=CC=CCC4)c3c2c1)c1c[nH]cn1. The van der Waals surface area contributed by atoms with Gasteiger partial charge in [0.05, 0.1) is 6.33 Å². The largest absolute Gasteiger partial charge is 0.350 e. The minimum Gasteiger partial charge on any atom is -0.350 e. The summed E-state index contributed by atoms with van der Waals surface area (Å²) >= 11 is 0. The highest BCUT2D eigenvalue weighted by atomic mass is 32.2. The van der Waals surface area contributed by atoms with Gasteiger partial charge >= 0.3 is 0 Å². The Balaban J connectivity index is 1.58. The van der Waals surface area contributed by atoms with E-state index in [1.54, 1.807) is 30.5 Å². The van der Waals surface area contributed by atoms with Crippen LogP contribution in [0.2, 0.25) is 0 Å². The summed E-state index contributed by atoms with van der Waals surface area (Å²) in [4.78, 5) is 14.5. The molecule has 174 valence electrons. The van der Waals surface area contributed by atoms with Crippen LogP contribution in [0.25, 0.3) is 38.6 Å². The fraction of sp³-hybridized carbons (Fsp3) is 0.0769. The number of hydrogen-bond acceptors (Lipinski definition) is 4. The number of pyridine rings is 1. The van der Waals surface area contributed by atoms with E-state index in [2.05, 4.69) is 36.8 Å². The first-order valence-electron chi connectivity index (χ1n) is 11.1. The van der Waals surface area contributed by atoms with Crippen molar-refractivity contribution in [3.63, 3.8) is 0 Å². The topological polar surface area (TPSA) is 104 Å². The van der Waals surface area contributed by atoms with Gasteiger partial charge in [0, 0.05) is 39.9 Å². The summed E-state index contributed by atoms with van der Waals surface area (Å²) in [5.74, 6) is -0.301. The van der Waals surface area contributed by atoms with Gasteiger partial charge in [0.2, 0.25) is 0 Å². The van der Waals surface area contributed by atoms with Crippen LogP contribution in [0.15, 0.2) is 84.4 Å². The van der Waals surface area contributed by atoms with E-state index in [1.165, 1.54) is 24.7 Å². The molecule has 35 heavy (non-hydrogen) atoms. The number of H-pyrrole nitrogens is 2. The monoisotopic (exact) mass is 485 g/mol. The molecular formula is C26H20FN5O2S. The number of hydrogen-bond donors (Lipinski definition) is 3. The maximum atomic E-state index is 13.6. The van der Waals surface area contributed by atoms with Crippen molar-refractivity contribution < 1.29 is 12.8 Å². The van der Waals surface area contributed by atoms with Gasteiger partial charge in [-0.25, -0.2) is 14.4 Å². The molecule has 7 nitrogen and oxygen atoms in total. The van der Waals surface area contributed by atoms with E-state index >= 15 is 0 Å². The van der Waals surface area contributed by atoms with Crippen LogP contribution in [0.5, 0.6) is 0 Å². The van der Waals surface area contributed by atoms with Crippen LogP contribution in [0.1, 0.15) is 18.4 Å². The first-order valence-corrected chi connectivity index (χ1v) is 12.6. The molecule has 0 bridgehead atoms. The Kier molecular flexibility index (Phi) is 5.00. The van der Waals surface area contributed by atoms with Crippen molar-refractivity contribution in [2.24, 2.45) is 0 Å². The third kappa shape index (κ3) is 3.79. The molecule has 3 N–H and O–H groups in total. The molecule has 0 atom stereocenters. The third-order valence-electron chi connectivity index (χ3n) is 6.11. The number of nitrogens with one attached hydrogen (secondary N) is 3. The molecule has 0 aliphatic heterocycles. The van der Waals surface area contributed by atoms with Crippen LogP contribution < -0.4 is 4.72 Å². The zero-order valence-corrected chi connectivity index (χ0v) is 19.2. The summed E-state index contributed by atoms with van der Waals surface area (Å²) < 4.78 is 41.7. The van der Waals surface area contributed by atoms with E-state index in [9.17, 15) is 12.8 Å². The van der Waals surface area contributed by atoms with Gasteiger partial charge in [-0.2, -0.15) is 8.42 Å². The highest BCUT2D eigenvalue weighted by Crippen LogP contribution is 2.41. The van der Waals surface area contributed by atoms with E-state index in [0.717, 1.165) is 51.4 Å². The molecule has 0 fully saturated rings. The van der Waals surface area contributed by atoms with Crippen molar-refractivity contribution in [2.75, 3.05) is 4.72 Å². The number of aromatic nitrogens is 4. The molecule has 0 unspecified atom stereocenters. The van der Waals surface area contributed by atoms with Gasteiger partial charge in [-0.15, -0.1) is 0 Å². The summed E-state index contributed by atoms with van der Waals surface area (Å²) in [6, 6.07) is 11.7. The molecule has 0 saturated carbocycles. The quantitative estimate of drug-likeness (QED) is 0.294. The van der Waals surface area contributed by atoms with Crippen molar-refractivity contribution in [3.05, 3.63) is 90.8 Å². The Hall–Kier alpha value is -4.24. The first-order chi connectivity index (χ1) is 17.0. The van der Waals surface area contributed by atoms with Crippen molar-refractivity contribution in [1.82, 2.24) is 19.9 Å². The van der Waals surface area contributed by atoms with Gasteiger partial charge in [-0.3, -0.25) is 4.72 Å². The number of fused-ring (bicyclic) bond motifs is 3. The fourth-order valence-electron chi connectivity index (χ4n) is 4.51. The summed E-state index contributed by atoms with van der Waals surface area (Å²) in [5.41, 5.74) is 5.84. The lowest BCUT2D eigenvalue weighted by atomic mass is 9.88. The van der Waals surface area contributed by atoms with Crippen LogP contribution in [0.4, 0.5) is 10.1 Å². The maximum Gasteiger partial charge on any atom is 0.280 e. The first kappa shape index (κ1) is 21.3. The Labute approximate surface area is 200 Å². The van der Waals surface area contributed by atoms with E-state index in [0.29, 0.717) is 11.3 Å². The number of imidazole rings is 1. The zero-order valence-electron chi connectivity index (χ0n) is 18.4. The second-order valence-electron chi connectivity index (χ2n) is 8.33. The number of nitrogens with zero attached hydrogens (tertiary/aromatic N) is 2. The number of sulfonamides is 1. The molecule has 9 heteroatoms. The van der Waals surface area contributed by atoms with Gasteiger partial charge in [-0.05, 0) is 59.9 Å². The lowest BCUT2D eigenvalue weighted by molar-refractivity contribution is 0.598. The minimum absolute atomic E-state index is 0.0865. The average molecular weight is 486 g/mol. The van der Waals surface area contributed by atoms with Crippen molar-refractivity contribution in [2.45, 2.75) is 17.9 Å². The summed E-state index contributed by atoms with van der Waals surface area (Å²) in [6.45, 7) is 0. The van der Waals surface area contributed by atoms with Crippen molar-refractivity contribution >= 4 is 43.2 Å². The smallest absolute Gasteiger partial charge is 0.280 e. The lowest BCUT2D eigenvalue weighted by Crippen LogP contribution is -2.13. The molecule has 0 amide bonds. The Morgan fingerprint density at radius 3 is 2.66 bits per heavy atom. The molecule has 3 heterocycles. The molecule has 5 aromatic rings. The lowest BCUT2D eigenvalue weighted by Gasteiger charge is -2.16. The number of anilines is 1. The second kappa shape index (κ2) is 8.21. The number of rotatable bonds is 5. The van der Waals surface area contributed by atoms with Gasteiger partial charge < -0.3 is 9.97 Å². The van der Waals surface area contributed by atoms with E-state index in [4.69, 9.17) is 0 Å². The minimum atomic E-state index is -3.84. The summed E-state index contributed by atoms with van der Waals surface area (Å²) in [6.07, 6.45) is 12.5. The molecule has 1 aliphatic carbocycles. The molecular weight excluding hydrogens is 465 g/mol. The van der Waals surface area contributed by atoms with Gasteiger partial charge in [0.1, 0.15) is 11.5 Å². The molecule has 3 aromatic heterocycles. The molecule has 0 spiro atoms. The number of benzene rings is 2. The molecule has 0 radical (unpaired) electrons. The predicted octanol–water partition coefficient (Wildman–Crippen LogP) is 5.78. The van der Waals surface area contributed by atoms with E-state index in [1.807, 2.05) is 12.1 Å². The van der Waals surface area contributed by atoms with Gasteiger partial charge in [0.15, 0.2) is 5.03 Å². The Morgan fingerprint density at radius 2 is 1.91 bits per heavy atom. The van der Waals surface area contributed by atoms with E-state index < -0.39 is 10.0 Å². The van der Waals surface area contributed by atoms with Crippen LogP contribution in [0.3, 0.4) is 0 Å². The number of halogens is 1. The van der Waals surface area contributed by atoms with Gasteiger partial charge in [0.25, 0.3) is 10.0 Å². The molecule has 0 saturated heterocycles. The summed E-state index contributed by atoms with van der Waals surface area (Å²) in [5, 5.41) is 1.64. The van der Waals surface area contributed by atoms with Gasteiger partial charge in [-0.1, -0.05) is 30.4 Å². The fourth-order valence-corrected chi connectivity index (χ4v) is 5.47. The maximum absolute atomic E-state index is 13.6. The van der Waals surface area contributed by atoms with Crippen LogP contribution in [-0.4, -0.2) is 28.4 Å². The molecule has 1 aliphatic rings. The standard InChI is InChI=1S/C26H20FN5O2S/c27-18-8-6-16(7-9-18)21-13-29-26-25(24(21)17-4-2-1-3-5-17)20-12-19(10-11-22(20)31-26)32-35(33,34)23-14-28-15-30-23/h1-2,4,6-15,32H,3,5H2,(H,28,30)(H,29,31). The average Bonchev–Trinajstić information content (AvgIpc) is 3.53. The number of aromatic amines is 2. The van der Waals surface area contributed by atoms with Crippen LogP contribution in [-0.2, 0) is 10.0 Å². The van der Waals surface area contributed by atoms with Crippen molar-refractivity contribution in [3.8, 4) is 11.1 Å². The second-order valence-corrected chi connectivity index (χ2v) is 9.96. The van der Waals surface area contributed by atoms with Crippen LogP contribution >= 0.6 is 0 Å². The predicted molar refractivity (Wildman–Crippen MR) is 135 cm³/mol.